The van der Waals surface area contributed by atoms with E-state index in [9.17, 15) is 24.8 Å². The SMILES string of the molecule is O=CN[C@@H](Cc1ccc(O)c([N+](=O)[O-])c1)C(=O)O. The first-order valence-electron chi connectivity index (χ1n) is 4.84. The zero-order chi connectivity index (χ0) is 13.7. The van der Waals surface area contributed by atoms with Gasteiger partial charge in [-0.25, -0.2) is 4.79 Å². The van der Waals surface area contributed by atoms with Crippen LogP contribution in [0.3, 0.4) is 0 Å². The van der Waals surface area contributed by atoms with Crippen molar-refractivity contribution >= 4 is 18.1 Å². The Morgan fingerprint density at radius 2 is 2.22 bits per heavy atom. The lowest BCUT2D eigenvalue weighted by Gasteiger charge is -2.10. The van der Waals surface area contributed by atoms with Gasteiger partial charge in [-0.1, -0.05) is 6.07 Å². The van der Waals surface area contributed by atoms with E-state index >= 15 is 0 Å². The highest BCUT2D eigenvalue weighted by molar-refractivity contribution is 5.76. The highest BCUT2D eigenvalue weighted by Gasteiger charge is 2.19. The number of nitro benzene ring substituents is 1. The number of nitrogens with one attached hydrogen (secondary N) is 1. The summed E-state index contributed by atoms with van der Waals surface area (Å²) < 4.78 is 0. The third-order valence-corrected chi connectivity index (χ3v) is 2.24. The predicted octanol–water partition coefficient (Wildman–Crippen LogP) is 0.0421. The number of nitro groups is 1. The first-order chi connectivity index (χ1) is 8.45. The summed E-state index contributed by atoms with van der Waals surface area (Å²) in [6.45, 7) is 0. The van der Waals surface area contributed by atoms with Gasteiger partial charge in [0.2, 0.25) is 6.41 Å². The lowest BCUT2D eigenvalue weighted by Crippen LogP contribution is -2.37. The van der Waals surface area contributed by atoms with Gasteiger partial charge in [0.1, 0.15) is 6.04 Å². The van der Waals surface area contributed by atoms with Crippen LogP contribution in [0.5, 0.6) is 5.75 Å². The molecule has 3 N–H and O–H groups in total. The van der Waals surface area contributed by atoms with Crippen molar-refractivity contribution in [3.63, 3.8) is 0 Å². The summed E-state index contributed by atoms with van der Waals surface area (Å²) in [4.78, 5) is 30.8. The number of carbonyl (C=O) groups excluding carboxylic acids is 1. The van der Waals surface area contributed by atoms with Gasteiger partial charge < -0.3 is 15.5 Å². The maximum atomic E-state index is 10.8. The normalized spacial score (nSPS) is 11.6. The number of rotatable bonds is 6. The second-order valence-corrected chi connectivity index (χ2v) is 3.46. The van der Waals surface area contributed by atoms with Crippen LogP contribution < -0.4 is 5.32 Å². The summed E-state index contributed by atoms with van der Waals surface area (Å²) in [6, 6.07) is 2.35. The summed E-state index contributed by atoms with van der Waals surface area (Å²) >= 11 is 0. The number of nitrogens with zero attached hydrogens (tertiary/aromatic N) is 1. The second kappa shape index (κ2) is 5.62. The van der Waals surface area contributed by atoms with E-state index in [-0.39, 0.29) is 12.8 Å². The smallest absolute Gasteiger partial charge is 0.326 e. The van der Waals surface area contributed by atoms with Crippen molar-refractivity contribution in [3.8, 4) is 5.75 Å². The van der Waals surface area contributed by atoms with Gasteiger partial charge >= 0.3 is 11.7 Å². The van der Waals surface area contributed by atoms with E-state index in [1.807, 2.05) is 0 Å². The highest BCUT2D eigenvalue weighted by Crippen LogP contribution is 2.26. The monoisotopic (exact) mass is 254 g/mol. The van der Waals surface area contributed by atoms with Gasteiger partial charge in [-0.05, 0) is 11.6 Å². The van der Waals surface area contributed by atoms with Crippen LogP contribution in [-0.4, -0.2) is 33.6 Å². The van der Waals surface area contributed by atoms with E-state index < -0.39 is 28.4 Å². The standard InChI is InChI=1S/C10H10N2O6/c13-5-11-7(10(15)16)3-6-1-2-9(14)8(4-6)12(17)18/h1-2,4-5,7,14H,3H2,(H,11,13)(H,15,16)/t7-/m0/s1. The highest BCUT2D eigenvalue weighted by atomic mass is 16.6. The fourth-order valence-electron chi connectivity index (χ4n) is 1.38. The van der Waals surface area contributed by atoms with E-state index in [0.717, 1.165) is 12.1 Å². The fraction of sp³-hybridized carbons (Fsp3) is 0.200. The van der Waals surface area contributed by atoms with Crippen LogP contribution in [0.2, 0.25) is 0 Å². The van der Waals surface area contributed by atoms with E-state index in [4.69, 9.17) is 5.11 Å². The molecule has 1 aromatic rings. The van der Waals surface area contributed by atoms with Gasteiger partial charge in [0.25, 0.3) is 0 Å². The summed E-state index contributed by atoms with van der Waals surface area (Å²) in [5.41, 5.74) is -0.191. The minimum atomic E-state index is -1.25. The number of phenols is 1. The minimum absolute atomic E-state index is 0.116. The predicted molar refractivity (Wildman–Crippen MR) is 59.1 cm³/mol. The number of carbonyl (C=O) groups is 2. The first-order valence-corrected chi connectivity index (χ1v) is 4.84. The molecule has 0 unspecified atom stereocenters. The summed E-state index contributed by atoms with van der Waals surface area (Å²) in [6.07, 6.45) is 0.128. The van der Waals surface area contributed by atoms with Crippen molar-refractivity contribution in [1.82, 2.24) is 5.32 Å². The van der Waals surface area contributed by atoms with E-state index in [2.05, 4.69) is 5.32 Å². The minimum Gasteiger partial charge on any atom is -0.502 e. The van der Waals surface area contributed by atoms with Crippen molar-refractivity contribution in [2.24, 2.45) is 0 Å². The first kappa shape index (κ1) is 13.4. The molecule has 0 heterocycles. The van der Waals surface area contributed by atoms with Gasteiger partial charge in [-0.3, -0.25) is 14.9 Å². The Labute approximate surface area is 101 Å². The number of hydrogen-bond donors (Lipinski definition) is 3. The molecular weight excluding hydrogens is 244 g/mol. The lowest BCUT2D eigenvalue weighted by molar-refractivity contribution is -0.385. The van der Waals surface area contributed by atoms with Crippen LogP contribution in [0.4, 0.5) is 5.69 Å². The van der Waals surface area contributed by atoms with Crippen LogP contribution in [0.15, 0.2) is 18.2 Å². The molecule has 1 aromatic carbocycles. The zero-order valence-electron chi connectivity index (χ0n) is 9.07. The molecule has 1 rings (SSSR count). The molecule has 8 nitrogen and oxygen atoms in total. The summed E-state index contributed by atoms with van der Waals surface area (Å²) in [5.74, 6) is -1.75. The molecule has 96 valence electrons. The molecule has 18 heavy (non-hydrogen) atoms. The molecule has 0 aromatic heterocycles. The van der Waals surface area contributed by atoms with Gasteiger partial charge in [-0.15, -0.1) is 0 Å². The Bertz CT molecular complexity index is 487. The number of phenolic OH excluding ortho intramolecular Hbond substituents is 1. The van der Waals surface area contributed by atoms with Gasteiger partial charge in [0.05, 0.1) is 4.92 Å². The molecule has 0 saturated carbocycles. The zero-order valence-corrected chi connectivity index (χ0v) is 9.07. The molecule has 0 fully saturated rings. The van der Waals surface area contributed by atoms with Crippen LogP contribution in [0, 0.1) is 10.1 Å². The van der Waals surface area contributed by atoms with Crippen molar-refractivity contribution in [3.05, 3.63) is 33.9 Å². The molecule has 1 atom stereocenters. The van der Waals surface area contributed by atoms with Crippen molar-refractivity contribution in [2.75, 3.05) is 0 Å². The lowest BCUT2D eigenvalue weighted by atomic mass is 10.1. The number of aromatic hydroxyl groups is 1. The van der Waals surface area contributed by atoms with Crippen molar-refractivity contribution < 1.29 is 24.7 Å². The molecule has 0 bridgehead atoms. The quantitative estimate of drug-likeness (QED) is 0.373. The number of carboxylic acid groups (broad SMARTS) is 1. The Balaban J connectivity index is 2.96. The van der Waals surface area contributed by atoms with Crippen LogP contribution in [0.25, 0.3) is 0 Å². The van der Waals surface area contributed by atoms with Gasteiger partial charge in [-0.2, -0.15) is 0 Å². The number of benzene rings is 1. The van der Waals surface area contributed by atoms with Gasteiger partial charge in [0, 0.05) is 12.5 Å². The molecule has 0 aliphatic rings. The fourth-order valence-corrected chi connectivity index (χ4v) is 1.38. The van der Waals surface area contributed by atoms with Crippen LogP contribution in [-0.2, 0) is 16.0 Å². The summed E-state index contributed by atoms with van der Waals surface area (Å²) in [7, 11) is 0. The van der Waals surface area contributed by atoms with Crippen LogP contribution >= 0.6 is 0 Å². The van der Waals surface area contributed by atoms with Gasteiger partial charge in [0.15, 0.2) is 5.75 Å². The third-order valence-electron chi connectivity index (χ3n) is 2.24. The van der Waals surface area contributed by atoms with Crippen LogP contribution in [0.1, 0.15) is 5.56 Å². The molecule has 8 heteroatoms. The second-order valence-electron chi connectivity index (χ2n) is 3.46. The number of hydrogen-bond acceptors (Lipinski definition) is 5. The van der Waals surface area contributed by atoms with Crippen molar-refractivity contribution in [2.45, 2.75) is 12.5 Å². The molecule has 1 amide bonds. The largest absolute Gasteiger partial charge is 0.502 e. The molecule has 0 aliphatic carbocycles. The Hall–Kier alpha value is -2.64. The maximum absolute atomic E-state index is 10.8. The molecular formula is C10H10N2O6. The molecule has 0 aliphatic heterocycles. The molecule has 0 spiro atoms. The number of amides is 1. The Morgan fingerprint density at radius 3 is 2.72 bits per heavy atom. The summed E-state index contributed by atoms with van der Waals surface area (Å²) in [5, 5.41) is 30.7. The number of aliphatic carboxylic acids is 1. The van der Waals surface area contributed by atoms with E-state index in [1.54, 1.807) is 0 Å². The Morgan fingerprint density at radius 1 is 1.56 bits per heavy atom. The van der Waals surface area contributed by atoms with E-state index in [1.165, 1.54) is 6.07 Å². The number of carboxylic acids is 1. The Kier molecular flexibility index (Phi) is 4.19. The molecule has 0 radical (unpaired) electrons. The average Bonchev–Trinajstić information content (AvgIpc) is 2.30. The third kappa shape index (κ3) is 3.17. The topological polar surface area (TPSA) is 130 Å². The van der Waals surface area contributed by atoms with Crippen molar-refractivity contribution in [1.29, 1.82) is 0 Å². The molecule has 0 saturated heterocycles. The maximum Gasteiger partial charge on any atom is 0.326 e. The average molecular weight is 254 g/mol. The van der Waals surface area contributed by atoms with E-state index in [0.29, 0.717) is 5.56 Å².